The van der Waals surface area contributed by atoms with Crippen molar-refractivity contribution in [3.63, 3.8) is 0 Å². The third-order valence-electron chi connectivity index (χ3n) is 8.49. The fourth-order valence-corrected chi connectivity index (χ4v) is 6.22. The number of hydrogen-bond acceptors (Lipinski definition) is 5. The van der Waals surface area contributed by atoms with Crippen LogP contribution in [0.25, 0.3) is 16.6 Å². The summed E-state index contributed by atoms with van der Waals surface area (Å²) >= 11 is 0. The second kappa shape index (κ2) is 10.1. The summed E-state index contributed by atoms with van der Waals surface area (Å²) in [6.45, 7) is 4.11. The van der Waals surface area contributed by atoms with Crippen molar-refractivity contribution in [1.29, 1.82) is 5.26 Å². The molecular formula is C29H33FN6O. The average molecular weight is 501 g/mol. The molecule has 4 heterocycles. The van der Waals surface area contributed by atoms with Crippen LogP contribution in [0, 0.1) is 23.2 Å². The minimum atomic E-state index is -0.830. The molecule has 1 saturated carbocycles. The van der Waals surface area contributed by atoms with Crippen molar-refractivity contribution in [3.8, 4) is 17.2 Å². The molecule has 0 radical (unpaired) electrons. The Morgan fingerprint density at radius 2 is 1.76 bits per heavy atom. The number of fused-ring (bicyclic) bond motifs is 1. The number of carbonyl (C=O) groups excluding carboxylic acids is 1. The fraction of sp³-hybridized carbons (Fsp3) is 0.483. The highest BCUT2D eigenvalue weighted by atomic mass is 19.1. The third-order valence-corrected chi connectivity index (χ3v) is 8.49. The molecule has 6 rings (SSSR count). The number of nitriles is 1. The van der Waals surface area contributed by atoms with Crippen LogP contribution in [0.1, 0.15) is 37.2 Å². The molecule has 2 unspecified atom stereocenters. The van der Waals surface area contributed by atoms with Gasteiger partial charge in [0.25, 0.3) is 0 Å². The minimum Gasteiger partial charge on any atom is -0.366 e. The van der Waals surface area contributed by atoms with Gasteiger partial charge in [0.2, 0.25) is 5.91 Å². The molecular weight excluding hydrogens is 467 g/mol. The maximum absolute atomic E-state index is 14.1. The molecule has 1 N–H and O–H groups in total. The van der Waals surface area contributed by atoms with Crippen molar-refractivity contribution >= 4 is 17.1 Å². The highest BCUT2D eigenvalue weighted by Crippen LogP contribution is 2.33. The van der Waals surface area contributed by atoms with E-state index in [4.69, 9.17) is 5.26 Å². The molecule has 37 heavy (non-hydrogen) atoms. The Labute approximate surface area is 216 Å². The van der Waals surface area contributed by atoms with Gasteiger partial charge in [-0.1, -0.05) is 24.3 Å². The topological polar surface area (TPSA) is 76.7 Å². The van der Waals surface area contributed by atoms with Crippen molar-refractivity contribution < 1.29 is 9.18 Å². The lowest BCUT2D eigenvalue weighted by Crippen LogP contribution is -2.50. The molecule has 7 nitrogen and oxygen atoms in total. The number of benzene rings is 1. The van der Waals surface area contributed by atoms with E-state index in [2.05, 4.69) is 45.7 Å². The van der Waals surface area contributed by atoms with Crippen molar-refractivity contribution in [3.05, 3.63) is 54.4 Å². The SMILES string of the molecule is N#C[C@H]1CC[C@H](C(=O)N2CCN(c3ccnn4cc(-c5ccc(C6CNCC6F)cc5)cc34)CC2)CC1. The number of halogens is 1. The zero-order chi connectivity index (χ0) is 25.4. The Morgan fingerprint density at radius 3 is 2.43 bits per heavy atom. The Kier molecular flexibility index (Phi) is 6.56. The van der Waals surface area contributed by atoms with Crippen LogP contribution in [0.3, 0.4) is 0 Å². The first-order valence-corrected chi connectivity index (χ1v) is 13.5. The standard InChI is InChI=1S/C29H33FN6O/c30-26-18-32-17-25(26)22-7-5-21(6-8-22)24-15-28-27(9-10-33-36(28)19-24)34-11-13-35(14-12-34)29(37)23-3-1-20(16-31)2-4-23/h5-10,15,19-20,23,25-26,32H,1-4,11-14,17-18H2/t20-,23-,25?,26?. The molecule has 0 bridgehead atoms. The Balaban J connectivity index is 1.14. The lowest BCUT2D eigenvalue weighted by atomic mass is 9.82. The molecule has 3 aromatic rings. The number of aromatic nitrogens is 2. The minimum absolute atomic E-state index is 0.0732. The molecule has 3 fully saturated rings. The average Bonchev–Trinajstić information content (AvgIpc) is 3.59. The van der Waals surface area contributed by atoms with Gasteiger partial charge in [0.1, 0.15) is 6.17 Å². The van der Waals surface area contributed by atoms with Crippen LogP contribution >= 0.6 is 0 Å². The van der Waals surface area contributed by atoms with Gasteiger partial charge in [0.05, 0.1) is 17.3 Å². The summed E-state index contributed by atoms with van der Waals surface area (Å²) in [4.78, 5) is 17.4. The van der Waals surface area contributed by atoms with Gasteiger partial charge in [-0.3, -0.25) is 4.79 Å². The zero-order valence-electron chi connectivity index (χ0n) is 21.0. The summed E-state index contributed by atoms with van der Waals surface area (Å²) in [7, 11) is 0. The van der Waals surface area contributed by atoms with E-state index in [0.717, 1.165) is 66.7 Å². The van der Waals surface area contributed by atoms with E-state index in [1.54, 1.807) is 0 Å². The first kappa shape index (κ1) is 23.9. The molecule has 2 saturated heterocycles. The molecule has 3 aliphatic rings. The second-order valence-corrected chi connectivity index (χ2v) is 10.7. The van der Waals surface area contributed by atoms with Crippen molar-refractivity contribution in [2.75, 3.05) is 44.2 Å². The first-order valence-electron chi connectivity index (χ1n) is 13.5. The number of amides is 1. The Bertz CT molecular complexity index is 1300. The number of nitrogens with zero attached hydrogens (tertiary/aromatic N) is 5. The Hall–Kier alpha value is -3.44. The molecule has 192 valence electrons. The molecule has 1 amide bonds. The van der Waals surface area contributed by atoms with Crippen LogP contribution in [0.15, 0.2) is 48.8 Å². The maximum Gasteiger partial charge on any atom is 0.225 e. The Morgan fingerprint density at radius 1 is 1.00 bits per heavy atom. The van der Waals surface area contributed by atoms with Crippen molar-refractivity contribution in [1.82, 2.24) is 19.8 Å². The highest BCUT2D eigenvalue weighted by molar-refractivity contribution is 5.81. The lowest BCUT2D eigenvalue weighted by molar-refractivity contribution is -0.137. The smallest absolute Gasteiger partial charge is 0.225 e. The summed E-state index contributed by atoms with van der Waals surface area (Å²) in [5.41, 5.74) is 5.36. The molecule has 2 aromatic heterocycles. The summed E-state index contributed by atoms with van der Waals surface area (Å²) in [6.07, 6.45) is 6.40. The normalized spacial score (nSPS) is 26.4. The maximum atomic E-state index is 14.1. The number of rotatable bonds is 4. The number of anilines is 1. The van der Waals surface area contributed by atoms with Gasteiger partial charge in [-0.05, 0) is 48.9 Å². The summed E-state index contributed by atoms with van der Waals surface area (Å²) in [5, 5.41) is 16.8. The molecule has 2 aliphatic heterocycles. The van der Waals surface area contributed by atoms with Crippen LogP contribution in [0.4, 0.5) is 10.1 Å². The number of alkyl halides is 1. The van der Waals surface area contributed by atoms with E-state index in [1.165, 1.54) is 0 Å². The largest absolute Gasteiger partial charge is 0.366 e. The predicted molar refractivity (Wildman–Crippen MR) is 141 cm³/mol. The first-order chi connectivity index (χ1) is 18.1. The van der Waals surface area contributed by atoms with Crippen molar-refractivity contribution in [2.45, 2.75) is 37.8 Å². The van der Waals surface area contributed by atoms with E-state index < -0.39 is 6.17 Å². The van der Waals surface area contributed by atoms with Gasteiger partial charge in [0, 0.05) is 75.0 Å². The van der Waals surface area contributed by atoms with E-state index in [0.29, 0.717) is 26.2 Å². The van der Waals surface area contributed by atoms with Crippen LogP contribution in [0.5, 0.6) is 0 Å². The number of hydrogen-bond donors (Lipinski definition) is 1. The van der Waals surface area contributed by atoms with Gasteiger partial charge in [-0.15, -0.1) is 0 Å². The third kappa shape index (κ3) is 4.69. The number of nitrogens with one attached hydrogen (secondary N) is 1. The lowest BCUT2D eigenvalue weighted by Gasteiger charge is -2.38. The summed E-state index contributed by atoms with van der Waals surface area (Å²) in [5.74, 6) is 0.376. The van der Waals surface area contributed by atoms with Crippen LogP contribution in [-0.4, -0.2) is 65.9 Å². The number of piperazine rings is 1. The van der Waals surface area contributed by atoms with E-state index in [9.17, 15) is 9.18 Å². The summed E-state index contributed by atoms with van der Waals surface area (Å²) in [6, 6.07) is 14.8. The molecule has 8 heteroatoms. The van der Waals surface area contributed by atoms with E-state index in [-0.39, 0.29) is 23.7 Å². The number of carbonyl (C=O) groups is 1. The predicted octanol–water partition coefficient (Wildman–Crippen LogP) is 4.00. The highest BCUT2D eigenvalue weighted by Gasteiger charge is 2.31. The van der Waals surface area contributed by atoms with Crippen LogP contribution in [-0.2, 0) is 4.79 Å². The van der Waals surface area contributed by atoms with E-state index in [1.807, 2.05) is 33.9 Å². The molecule has 0 spiro atoms. The zero-order valence-corrected chi connectivity index (χ0v) is 21.0. The monoisotopic (exact) mass is 500 g/mol. The van der Waals surface area contributed by atoms with Gasteiger partial charge in [-0.25, -0.2) is 8.91 Å². The van der Waals surface area contributed by atoms with Gasteiger partial charge < -0.3 is 15.1 Å². The van der Waals surface area contributed by atoms with Gasteiger partial charge >= 0.3 is 0 Å². The van der Waals surface area contributed by atoms with Gasteiger partial charge in [-0.2, -0.15) is 10.4 Å². The summed E-state index contributed by atoms with van der Waals surface area (Å²) < 4.78 is 16.1. The molecule has 1 aliphatic carbocycles. The quantitative estimate of drug-likeness (QED) is 0.586. The van der Waals surface area contributed by atoms with E-state index >= 15 is 0 Å². The van der Waals surface area contributed by atoms with Gasteiger partial charge in [0.15, 0.2) is 0 Å². The fourth-order valence-electron chi connectivity index (χ4n) is 6.22. The van der Waals surface area contributed by atoms with Crippen LogP contribution < -0.4 is 10.2 Å². The van der Waals surface area contributed by atoms with Crippen molar-refractivity contribution in [2.24, 2.45) is 11.8 Å². The molecule has 2 atom stereocenters. The van der Waals surface area contributed by atoms with Crippen LogP contribution in [0.2, 0.25) is 0 Å². The molecule has 1 aromatic carbocycles. The second-order valence-electron chi connectivity index (χ2n) is 10.7.